The maximum atomic E-state index is 11.3. The molecule has 1 heterocycles. The third-order valence-electron chi connectivity index (χ3n) is 1.93. The number of hydrogen-bond acceptors (Lipinski definition) is 3. The van der Waals surface area contributed by atoms with Crippen LogP contribution in [0.5, 0.6) is 0 Å². The summed E-state index contributed by atoms with van der Waals surface area (Å²) in [6.45, 7) is 3.41. The summed E-state index contributed by atoms with van der Waals surface area (Å²) in [6, 6.07) is 0. The first-order valence-electron chi connectivity index (χ1n) is 4.24. The molecule has 74 valence electrons. The summed E-state index contributed by atoms with van der Waals surface area (Å²) in [5, 5.41) is 0. The number of carbonyl (C=O) groups is 2. The molecule has 0 aliphatic carbocycles. The molecule has 1 rings (SSSR count). The van der Waals surface area contributed by atoms with Gasteiger partial charge in [-0.2, -0.15) is 0 Å². The Balaban J connectivity index is 2.67. The average Bonchev–Trinajstić information content (AvgIpc) is 2.55. The Morgan fingerprint density at radius 3 is 3.14 bits per heavy atom. The van der Waals surface area contributed by atoms with Crippen LogP contribution in [0.1, 0.15) is 12.8 Å². The van der Waals surface area contributed by atoms with E-state index in [0.29, 0.717) is 12.8 Å². The predicted molar refractivity (Wildman–Crippen MR) is 49.9 cm³/mol. The number of likely N-dealkylation sites (tertiary alicyclic amines) is 1. The van der Waals surface area contributed by atoms with Crippen LogP contribution in [0.15, 0.2) is 12.7 Å². The van der Waals surface area contributed by atoms with Gasteiger partial charge in [-0.05, 0) is 6.08 Å². The molecule has 1 aliphatic heterocycles. The van der Waals surface area contributed by atoms with Gasteiger partial charge in [0.1, 0.15) is 12.8 Å². The number of rotatable bonds is 3. The summed E-state index contributed by atoms with van der Waals surface area (Å²) in [5.74, 6) is 1.62. The second-order valence-electron chi connectivity index (χ2n) is 2.81. The number of hydrogen-bond donors (Lipinski definition) is 0. The van der Waals surface area contributed by atoms with Crippen LogP contribution < -0.4 is 0 Å². The van der Waals surface area contributed by atoms with Crippen molar-refractivity contribution in [3.63, 3.8) is 0 Å². The van der Waals surface area contributed by atoms with Crippen LogP contribution in [-0.4, -0.2) is 29.5 Å². The normalized spacial score (nSPS) is 20.6. The number of ether oxygens (including phenoxy) is 1. The summed E-state index contributed by atoms with van der Waals surface area (Å²) in [6.07, 6.45) is 6.39. The molecule has 1 atom stereocenters. The quantitative estimate of drug-likeness (QED) is 0.478. The minimum absolute atomic E-state index is 0.0961. The standard InChI is InChI=1S/C10H11NO3/c1-3-7-14-10-6-5-9(13)11(10)8(12)4-2/h1,4,10H,2,5-7H2. The smallest absolute Gasteiger partial charge is 0.254 e. The SMILES string of the molecule is C#CCOC1CCC(=O)N1C(=O)C=C. The molecule has 0 bridgehead atoms. The van der Waals surface area contributed by atoms with Gasteiger partial charge >= 0.3 is 0 Å². The molecule has 1 saturated heterocycles. The lowest BCUT2D eigenvalue weighted by Crippen LogP contribution is -2.39. The zero-order valence-electron chi connectivity index (χ0n) is 7.73. The van der Waals surface area contributed by atoms with Crippen LogP contribution in [0.25, 0.3) is 0 Å². The largest absolute Gasteiger partial charge is 0.345 e. The lowest BCUT2D eigenvalue weighted by molar-refractivity contribution is -0.149. The van der Waals surface area contributed by atoms with Crippen molar-refractivity contribution < 1.29 is 14.3 Å². The third kappa shape index (κ3) is 2.01. The number of carbonyl (C=O) groups excluding carboxylic acids is 2. The van der Waals surface area contributed by atoms with Gasteiger partial charge in [0.2, 0.25) is 5.91 Å². The van der Waals surface area contributed by atoms with Crippen molar-refractivity contribution in [2.24, 2.45) is 0 Å². The molecule has 0 saturated carbocycles. The fourth-order valence-corrected chi connectivity index (χ4v) is 1.32. The molecule has 0 radical (unpaired) electrons. The van der Waals surface area contributed by atoms with Crippen molar-refractivity contribution in [3.05, 3.63) is 12.7 Å². The van der Waals surface area contributed by atoms with E-state index in [9.17, 15) is 9.59 Å². The first-order valence-corrected chi connectivity index (χ1v) is 4.24. The van der Waals surface area contributed by atoms with E-state index in [1.807, 2.05) is 0 Å². The topological polar surface area (TPSA) is 46.6 Å². The van der Waals surface area contributed by atoms with Crippen LogP contribution in [0, 0.1) is 12.3 Å². The van der Waals surface area contributed by atoms with E-state index in [1.165, 1.54) is 0 Å². The zero-order valence-corrected chi connectivity index (χ0v) is 7.73. The molecule has 1 aliphatic rings. The Morgan fingerprint density at radius 2 is 2.57 bits per heavy atom. The molecular formula is C10H11NO3. The van der Waals surface area contributed by atoms with Crippen LogP contribution in [-0.2, 0) is 14.3 Å². The highest BCUT2D eigenvalue weighted by molar-refractivity contribution is 6.01. The molecule has 2 amide bonds. The molecule has 1 unspecified atom stereocenters. The van der Waals surface area contributed by atoms with Gasteiger partial charge in [-0.25, -0.2) is 0 Å². The fraction of sp³-hybridized carbons (Fsp3) is 0.400. The van der Waals surface area contributed by atoms with Crippen molar-refractivity contribution in [2.45, 2.75) is 19.1 Å². The van der Waals surface area contributed by atoms with Crippen LogP contribution in [0.3, 0.4) is 0 Å². The van der Waals surface area contributed by atoms with Crippen molar-refractivity contribution in [1.82, 2.24) is 4.90 Å². The van der Waals surface area contributed by atoms with E-state index < -0.39 is 12.1 Å². The van der Waals surface area contributed by atoms with E-state index in [-0.39, 0.29) is 12.5 Å². The summed E-state index contributed by atoms with van der Waals surface area (Å²) in [5.41, 5.74) is 0. The predicted octanol–water partition coefficient (Wildman–Crippen LogP) is 0.297. The molecule has 1 fully saturated rings. The van der Waals surface area contributed by atoms with Gasteiger partial charge in [-0.15, -0.1) is 6.42 Å². The van der Waals surface area contributed by atoms with Gasteiger partial charge in [0.05, 0.1) is 0 Å². The summed E-state index contributed by atoms with van der Waals surface area (Å²) < 4.78 is 5.16. The van der Waals surface area contributed by atoms with Gasteiger partial charge in [-0.3, -0.25) is 14.5 Å². The molecule has 0 aromatic carbocycles. The Hall–Kier alpha value is -1.60. The van der Waals surface area contributed by atoms with E-state index in [0.717, 1.165) is 11.0 Å². The molecule has 0 N–H and O–H groups in total. The zero-order chi connectivity index (χ0) is 10.6. The average molecular weight is 193 g/mol. The Morgan fingerprint density at radius 1 is 1.86 bits per heavy atom. The van der Waals surface area contributed by atoms with Crippen molar-refractivity contribution in [1.29, 1.82) is 0 Å². The highest BCUT2D eigenvalue weighted by Gasteiger charge is 2.34. The summed E-state index contributed by atoms with van der Waals surface area (Å²) >= 11 is 0. The van der Waals surface area contributed by atoms with Gasteiger partial charge in [0.25, 0.3) is 5.91 Å². The van der Waals surface area contributed by atoms with E-state index in [2.05, 4.69) is 12.5 Å². The molecule has 0 spiro atoms. The number of terminal acetylenes is 1. The van der Waals surface area contributed by atoms with E-state index in [1.54, 1.807) is 0 Å². The highest BCUT2D eigenvalue weighted by atomic mass is 16.5. The van der Waals surface area contributed by atoms with Crippen LogP contribution >= 0.6 is 0 Å². The van der Waals surface area contributed by atoms with Gasteiger partial charge < -0.3 is 4.74 Å². The molecule has 0 aromatic heterocycles. The molecule has 4 nitrogen and oxygen atoms in total. The lowest BCUT2D eigenvalue weighted by atomic mass is 10.3. The molecule has 14 heavy (non-hydrogen) atoms. The first-order chi connectivity index (χ1) is 6.70. The maximum absolute atomic E-state index is 11.3. The van der Waals surface area contributed by atoms with Crippen molar-refractivity contribution >= 4 is 11.8 Å². The Labute approximate surface area is 82.5 Å². The van der Waals surface area contributed by atoms with Gasteiger partial charge in [0, 0.05) is 12.8 Å². The summed E-state index contributed by atoms with van der Waals surface area (Å²) in [4.78, 5) is 23.6. The Kier molecular flexibility index (Phi) is 3.43. The summed E-state index contributed by atoms with van der Waals surface area (Å²) in [7, 11) is 0. The second-order valence-corrected chi connectivity index (χ2v) is 2.81. The van der Waals surface area contributed by atoms with E-state index in [4.69, 9.17) is 11.2 Å². The van der Waals surface area contributed by atoms with Crippen molar-refractivity contribution in [3.8, 4) is 12.3 Å². The minimum atomic E-state index is -0.524. The van der Waals surface area contributed by atoms with Crippen LogP contribution in [0.2, 0.25) is 0 Å². The Bertz CT molecular complexity index is 303. The maximum Gasteiger partial charge on any atom is 0.254 e. The van der Waals surface area contributed by atoms with E-state index >= 15 is 0 Å². The third-order valence-corrected chi connectivity index (χ3v) is 1.93. The first kappa shape index (κ1) is 10.5. The number of imide groups is 1. The monoisotopic (exact) mass is 193 g/mol. The van der Waals surface area contributed by atoms with Crippen molar-refractivity contribution in [2.75, 3.05) is 6.61 Å². The molecular weight excluding hydrogens is 182 g/mol. The highest BCUT2D eigenvalue weighted by Crippen LogP contribution is 2.19. The molecule has 4 heteroatoms. The van der Waals surface area contributed by atoms with Crippen LogP contribution in [0.4, 0.5) is 0 Å². The lowest BCUT2D eigenvalue weighted by Gasteiger charge is -2.20. The minimum Gasteiger partial charge on any atom is -0.345 e. The second kappa shape index (κ2) is 4.58. The fourth-order valence-electron chi connectivity index (χ4n) is 1.32. The number of nitrogens with zero attached hydrogens (tertiary/aromatic N) is 1. The van der Waals surface area contributed by atoms with Gasteiger partial charge in [0.15, 0.2) is 0 Å². The van der Waals surface area contributed by atoms with Gasteiger partial charge in [-0.1, -0.05) is 12.5 Å². The molecule has 0 aromatic rings. The number of amides is 2.